The number of likely N-dealkylation sites (tertiary alicyclic amines) is 1. The lowest BCUT2D eigenvalue weighted by Gasteiger charge is -2.21. The number of fused-ring (bicyclic) bond motifs is 1. The molecular formula is C23H29N3O2S. The molecule has 0 aromatic carbocycles. The lowest BCUT2D eigenvalue weighted by molar-refractivity contribution is -0.125. The molecular weight excluding hydrogens is 382 g/mol. The Morgan fingerprint density at radius 3 is 2.76 bits per heavy atom. The summed E-state index contributed by atoms with van der Waals surface area (Å²) in [7, 11) is 0. The van der Waals surface area contributed by atoms with Gasteiger partial charge >= 0.3 is 0 Å². The van der Waals surface area contributed by atoms with Crippen molar-refractivity contribution in [2.75, 3.05) is 19.6 Å². The van der Waals surface area contributed by atoms with Gasteiger partial charge in [0.05, 0.1) is 4.88 Å². The third kappa shape index (κ3) is 5.04. The minimum absolute atomic E-state index is 0.00183. The van der Waals surface area contributed by atoms with Crippen LogP contribution in [0.25, 0.3) is 0 Å². The van der Waals surface area contributed by atoms with Crippen molar-refractivity contribution in [3.05, 3.63) is 51.5 Å². The van der Waals surface area contributed by atoms with Gasteiger partial charge in [-0.3, -0.25) is 14.6 Å². The van der Waals surface area contributed by atoms with Gasteiger partial charge in [0, 0.05) is 48.7 Å². The monoisotopic (exact) mass is 411 g/mol. The average molecular weight is 412 g/mol. The fourth-order valence-corrected chi connectivity index (χ4v) is 5.46. The molecule has 0 spiro atoms. The Morgan fingerprint density at radius 1 is 1.17 bits per heavy atom. The molecule has 1 aliphatic heterocycles. The Hall–Kier alpha value is -2.21. The van der Waals surface area contributed by atoms with Crippen LogP contribution < -0.4 is 5.32 Å². The Labute approximate surface area is 176 Å². The third-order valence-electron chi connectivity index (χ3n) is 5.96. The summed E-state index contributed by atoms with van der Waals surface area (Å²) in [5.74, 6) is 0.308. The van der Waals surface area contributed by atoms with Gasteiger partial charge in [-0.2, -0.15) is 0 Å². The normalized spacial score (nSPS) is 19.3. The molecule has 0 saturated carbocycles. The SMILES string of the molecule is O=C(NCCc1ccccn1)C1CCc2sc(C(=O)N3CCCCCC3)cc2C1. The number of rotatable bonds is 5. The summed E-state index contributed by atoms with van der Waals surface area (Å²) in [5, 5.41) is 3.07. The molecule has 1 saturated heterocycles. The first-order valence-corrected chi connectivity index (χ1v) is 11.6. The van der Waals surface area contributed by atoms with Gasteiger partial charge in [0.2, 0.25) is 5.91 Å². The van der Waals surface area contributed by atoms with Crippen LogP contribution >= 0.6 is 11.3 Å². The first-order chi connectivity index (χ1) is 14.2. The van der Waals surface area contributed by atoms with E-state index in [0.717, 1.165) is 62.2 Å². The second kappa shape index (κ2) is 9.53. The highest BCUT2D eigenvalue weighted by Gasteiger charge is 2.28. The van der Waals surface area contributed by atoms with Crippen LogP contribution in [0.1, 0.15) is 57.9 Å². The molecule has 2 aromatic heterocycles. The van der Waals surface area contributed by atoms with Crippen LogP contribution in [0.4, 0.5) is 0 Å². The van der Waals surface area contributed by atoms with Gasteiger partial charge in [-0.05, 0) is 55.9 Å². The summed E-state index contributed by atoms with van der Waals surface area (Å²) in [4.78, 5) is 34.0. The molecule has 5 nitrogen and oxygen atoms in total. The summed E-state index contributed by atoms with van der Waals surface area (Å²) in [5.41, 5.74) is 2.19. The zero-order valence-corrected chi connectivity index (χ0v) is 17.7. The molecule has 0 radical (unpaired) electrons. The Kier molecular flexibility index (Phi) is 6.60. The molecule has 0 bridgehead atoms. The van der Waals surface area contributed by atoms with E-state index in [2.05, 4.69) is 16.4 Å². The molecule has 2 amide bonds. The Bertz CT molecular complexity index is 841. The number of amides is 2. The number of pyridine rings is 1. The van der Waals surface area contributed by atoms with Gasteiger partial charge in [-0.15, -0.1) is 11.3 Å². The van der Waals surface area contributed by atoms with Gasteiger partial charge in [-0.25, -0.2) is 0 Å². The Morgan fingerprint density at radius 2 is 2.00 bits per heavy atom. The van der Waals surface area contributed by atoms with Crippen molar-refractivity contribution in [1.29, 1.82) is 0 Å². The topological polar surface area (TPSA) is 62.3 Å². The number of nitrogens with zero attached hydrogens (tertiary/aromatic N) is 2. The van der Waals surface area contributed by atoms with E-state index < -0.39 is 0 Å². The number of carbonyl (C=O) groups excluding carboxylic acids is 2. The smallest absolute Gasteiger partial charge is 0.263 e. The summed E-state index contributed by atoms with van der Waals surface area (Å²) >= 11 is 1.64. The van der Waals surface area contributed by atoms with Crippen molar-refractivity contribution in [3.8, 4) is 0 Å². The zero-order valence-electron chi connectivity index (χ0n) is 16.9. The van der Waals surface area contributed by atoms with Crippen LogP contribution in [0.5, 0.6) is 0 Å². The van der Waals surface area contributed by atoms with Gasteiger partial charge in [0.15, 0.2) is 0 Å². The van der Waals surface area contributed by atoms with E-state index in [1.807, 2.05) is 23.1 Å². The number of nitrogens with one attached hydrogen (secondary N) is 1. The van der Waals surface area contributed by atoms with Crippen molar-refractivity contribution >= 4 is 23.2 Å². The number of carbonyl (C=O) groups is 2. The van der Waals surface area contributed by atoms with Gasteiger partial charge in [0.25, 0.3) is 5.91 Å². The van der Waals surface area contributed by atoms with E-state index in [0.29, 0.717) is 6.54 Å². The van der Waals surface area contributed by atoms with Crippen molar-refractivity contribution in [3.63, 3.8) is 0 Å². The fourth-order valence-electron chi connectivity index (χ4n) is 4.29. The summed E-state index contributed by atoms with van der Waals surface area (Å²) in [6.07, 6.45) is 9.69. The Balaban J connectivity index is 1.32. The number of aromatic nitrogens is 1. The average Bonchev–Trinajstić information content (AvgIpc) is 2.99. The van der Waals surface area contributed by atoms with Crippen molar-refractivity contribution in [2.24, 2.45) is 5.92 Å². The van der Waals surface area contributed by atoms with Crippen LogP contribution in [-0.2, 0) is 24.1 Å². The maximum absolute atomic E-state index is 12.9. The summed E-state index contributed by atoms with van der Waals surface area (Å²) in [6, 6.07) is 7.90. The molecule has 1 N–H and O–H groups in total. The maximum Gasteiger partial charge on any atom is 0.263 e. The summed E-state index contributed by atoms with van der Waals surface area (Å²) in [6.45, 7) is 2.37. The largest absolute Gasteiger partial charge is 0.355 e. The molecule has 2 aliphatic rings. The molecule has 4 rings (SSSR count). The minimum atomic E-state index is 0.00183. The van der Waals surface area contributed by atoms with E-state index in [4.69, 9.17) is 0 Å². The molecule has 6 heteroatoms. The quantitative estimate of drug-likeness (QED) is 0.817. The second-order valence-corrected chi connectivity index (χ2v) is 9.20. The van der Waals surface area contributed by atoms with Gasteiger partial charge in [-0.1, -0.05) is 18.9 Å². The van der Waals surface area contributed by atoms with E-state index in [1.54, 1.807) is 17.5 Å². The standard InChI is InChI=1S/C23H29N3O2S/c27-22(25-12-10-19-7-3-4-11-24-19)17-8-9-20-18(15-17)16-21(29-20)23(28)26-13-5-1-2-6-14-26/h3-4,7,11,16-17H,1-2,5-6,8-10,12-15H2,(H,25,27). The van der Waals surface area contributed by atoms with E-state index in [9.17, 15) is 9.59 Å². The molecule has 1 fully saturated rings. The number of aryl methyl sites for hydroxylation is 1. The van der Waals surface area contributed by atoms with Gasteiger partial charge in [0.1, 0.15) is 0 Å². The van der Waals surface area contributed by atoms with Crippen molar-refractivity contribution in [2.45, 2.75) is 51.4 Å². The molecule has 3 heterocycles. The summed E-state index contributed by atoms with van der Waals surface area (Å²) < 4.78 is 0. The molecule has 2 aromatic rings. The number of hydrogen-bond donors (Lipinski definition) is 1. The highest BCUT2D eigenvalue weighted by molar-refractivity contribution is 7.14. The van der Waals surface area contributed by atoms with E-state index in [1.165, 1.54) is 23.3 Å². The van der Waals surface area contributed by atoms with Crippen molar-refractivity contribution in [1.82, 2.24) is 15.2 Å². The van der Waals surface area contributed by atoms with Crippen LogP contribution in [0.2, 0.25) is 0 Å². The number of hydrogen-bond acceptors (Lipinski definition) is 4. The maximum atomic E-state index is 12.9. The minimum Gasteiger partial charge on any atom is -0.355 e. The molecule has 29 heavy (non-hydrogen) atoms. The molecule has 154 valence electrons. The molecule has 1 unspecified atom stereocenters. The van der Waals surface area contributed by atoms with Crippen LogP contribution in [0, 0.1) is 5.92 Å². The fraction of sp³-hybridized carbons (Fsp3) is 0.522. The lowest BCUT2D eigenvalue weighted by atomic mass is 9.87. The molecule has 1 aliphatic carbocycles. The first kappa shape index (κ1) is 20.1. The van der Waals surface area contributed by atoms with Crippen LogP contribution in [0.3, 0.4) is 0 Å². The van der Waals surface area contributed by atoms with Crippen LogP contribution in [0.15, 0.2) is 30.5 Å². The van der Waals surface area contributed by atoms with E-state index >= 15 is 0 Å². The van der Waals surface area contributed by atoms with E-state index in [-0.39, 0.29) is 17.7 Å². The highest BCUT2D eigenvalue weighted by atomic mass is 32.1. The van der Waals surface area contributed by atoms with Gasteiger partial charge < -0.3 is 10.2 Å². The predicted octanol–water partition coefficient (Wildman–Crippen LogP) is 3.62. The third-order valence-corrected chi connectivity index (χ3v) is 7.19. The van der Waals surface area contributed by atoms with Crippen LogP contribution in [-0.4, -0.2) is 41.3 Å². The second-order valence-electron chi connectivity index (χ2n) is 8.07. The lowest BCUT2D eigenvalue weighted by Crippen LogP contribution is -2.35. The predicted molar refractivity (Wildman–Crippen MR) is 115 cm³/mol. The highest BCUT2D eigenvalue weighted by Crippen LogP contribution is 2.33. The first-order valence-electron chi connectivity index (χ1n) is 10.8. The van der Waals surface area contributed by atoms with Crippen molar-refractivity contribution < 1.29 is 9.59 Å². The molecule has 1 atom stereocenters. The zero-order chi connectivity index (χ0) is 20.1. The number of thiophene rings is 1.